The lowest BCUT2D eigenvalue weighted by Crippen LogP contribution is -2.22. The van der Waals surface area contributed by atoms with E-state index >= 15 is 0 Å². The summed E-state index contributed by atoms with van der Waals surface area (Å²) in [6.45, 7) is 4.18. The molecule has 0 saturated heterocycles. The molecule has 0 bridgehead atoms. The summed E-state index contributed by atoms with van der Waals surface area (Å²) in [4.78, 5) is 12.1. The minimum absolute atomic E-state index is 0.105. The molecule has 108 valence electrons. The van der Waals surface area contributed by atoms with Crippen LogP contribution in [0.25, 0.3) is 0 Å². The van der Waals surface area contributed by atoms with Gasteiger partial charge in [-0.05, 0) is 50.2 Å². The van der Waals surface area contributed by atoms with Gasteiger partial charge in [-0.1, -0.05) is 38.0 Å². The van der Waals surface area contributed by atoms with Crippen molar-refractivity contribution in [1.82, 2.24) is 5.43 Å². The molecule has 0 heterocycles. The molecule has 1 fully saturated rings. The molecule has 3 heteroatoms. The summed E-state index contributed by atoms with van der Waals surface area (Å²) >= 11 is 0. The van der Waals surface area contributed by atoms with E-state index in [-0.39, 0.29) is 5.91 Å². The van der Waals surface area contributed by atoms with Crippen molar-refractivity contribution in [3.05, 3.63) is 35.4 Å². The van der Waals surface area contributed by atoms with Crippen molar-refractivity contribution >= 4 is 11.6 Å². The van der Waals surface area contributed by atoms with E-state index in [1.165, 1.54) is 25.7 Å². The smallest absolute Gasteiger partial charge is 0.267 e. The van der Waals surface area contributed by atoms with Crippen LogP contribution in [0, 0.1) is 12.8 Å². The van der Waals surface area contributed by atoms with Crippen molar-refractivity contribution < 1.29 is 4.79 Å². The quantitative estimate of drug-likeness (QED) is 0.825. The van der Waals surface area contributed by atoms with Gasteiger partial charge in [0.1, 0.15) is 0 Å². The first kappa shape index (κ1) is 14.8. The normalized spacial score (nSPS) is 18.7. The van der Waals surface area contributed by atoms with Crippen molar-refractivity contribution in [3.63, 3.8) is 0 Å². The van der Waals surface area contributed by atoms with Crippen molar-refractivity contribution in [3.8, 4) is 0 Å². The van der Waals surface area contributed by atoms with Crippen LogP contribution in [0.1, 0.15) is 61.4 Å². The zero-order valence-corrected chi connectivity index (χ0v) is 12.5. The van der Waals surface area contributed by atoms with E-state index in [4.69, 9.17) is 0 Å². The summed E-state index contributed by atoms with van der Waals surface area (Å²) in [5.41, 5.74) is 5.53. The summed E-state index contributed by atoms with van der Waals surface area (Å²) in [5, 5.41) is 4.31. The number of nitrogens with zero attached hydrogens (tertiary/aromatic N) is 1. The zero-order valence-electron chi connectivity index (χ0n) is 12.5. The van der Waals surface area contributed by atoms with Crippen LogP contribution in [-0.2, 0) is 0 Å². The molecule has 1 amide bonds. The first-order chi connectivity index (χ1) is 9.70. The highest BCUT2D eigenvalue weighted by atomic mass is 16.2. The van der Waals surface area contributed by atoms with Gasteiger partial charge in [-0.3, -0.25) is 4.79 Å². The number of hydrogen-bond donors (Lipinski definition) is 1. The molecule has 1 aliphatic carbocycles. The molecule has 1 aromatic carbocycles. The molecule has 3 nitrogen and oxygen atoms in total. The molecule has 1 aliphatic rings. The Hall–Kier alpha value is -1.64. The molecule has 1 saturated carbocycles. The van der Waals surface area contributed by atoms with Crippen molar-refractivity contribution in [2.24, 2.45) is 11.0 Å². The lowest BCUT2D eigenvalue weighted by molar-refractivity contribution is 0.0954. The van der Waals surface area contributed by atoms with Crippen molar-refractivity contribution in [1.29, 1.82) is 0 Å². The Labute approximate surface area is 121 Å². The third kappa shape index (κ3) is 3.92. The summed E-state index contributed by atoms with van der Waals surface area (Å²) in [6, 6.07) is 7.60. The molecular weight excluding hydrogens is 248 g/mol. The molecule has 2 rings (SSSR count). The maximum Gasteiger partial charge on any atom is 0.271 e. The van der Waals surface area contributed by atoms with E-state index < -0.39 is 0 Å². The molecule has 0 atom stereocenters. The van der Waals surface area contributed by atoms with E-state index in [9.17, 15) is 4.79 Å². The highest BCUT2D eigenvalue weighted by Crippen LogP contribution is 2.25. The average molecular weight is 272 g/mol. The third-order valence-electron chi connectivity index (χ3n) is 4.08. The van der Waals surface area contributed by atoms with Gasteiger partial charge in [-0.25, -0.2) is 5.43 Å². The second kappa shape index (κ2) is 7.22. The SMILES string of the molecule is CCCC1CCC(=NNC(=O)c2ccccc2C)CC1. The highest BCUT2D eigenvalue weighted by molar-refractivity contribution is 5.96. The van der Waals surface area contributed by atoms with Crippen LogP contribution in [0.3, 0.4) is 0 Å². The molecule has 20 heavy (non-hydrogen) atoms. The number of hydrazone groups is 1. The van der Waals surface area contributed by atoms with Crippen LogP contribution in [0.15, 0.2) is 29.4 Å². The Morgan fingerprint density at radius 1 is 1.30 bits per heavy atom. The fourth-order valence-corrected chi connectivity index (χ4v) is 2.84. The number of carbonyl (C=O) groups is 1. The lowest BCUT2D eigenvalue weighted by Gasteiger charge is -2.22. The minimum Gasteiger partial charge on any atom is -0.267 e. The zero-order chi connectivity index (χ0) is 14.4. The second-order valence-electron chi connectivity index (χ2n) is 5.67. The van der Waals surface area contributed by atoms with E-state index in [0.29, 0.717) is 5.56 Å². The van der Waals surface area contributed by atoms with Gasteiger partial charge in [0, 0.05) is 11.3 Å². The van der Waals surface area contributed by atoms with Gasteiger partial charge in [-0.2, -0.15) is 5.10 Å². The van der Waals surface area contributed by atoms with Crippen molar-refractivity contribution in [2.45, 2.75) is 52.4 Å². The number of hydrogen-bond acceptors (Lipinski definition) is 2. The van der Waals surface area contributed by atoms with Gasteiger partial charge >= 0.3 is 0 Å². The lowest BCUT2D eigenvalue weighted by atomic mass is 9.85. The highest BCUT2D eigenvalue weighted by Gasteiger charge is 2.17. The maximum atomic E-state index is 12.1. The molecule has 0 radical (unpaired) electrons. The largest absolute Gasteiger partial charge is 0.271 e. The predicted molar refractivity (Wildman–Crippen MR) is 82.9 cm³/mol. The number of aryl methyl sites for hydroxylation is 1. The number of nitrogens with one attached hydrogen (secondary N) is 1. The summed E-state index contributed by atoms with van der Waals surface area (Å²) in [7, 11) is 0. The van der Waals surface area contributed by atoms with Gasteiger partial charge in [0.05, 0.1) is 0 Å². The fourth-order valence-electron chi connectivity index (χ4n) is 2.84. The molecule has 0 unspecified atom stereocenters. The Kier molecular flexibility index (Phi) is 5.33. The summed E-state index contributed by atoms with van der Waals surface area (Å²) in [5.74, 6) is 0.748. The number of rotatable bonds is 4. The molecule has 1 aromatic rings. The van der Waals surface area contributed by atoms with Crippen LogP contribution < -0.4 is 5.43 Å². The van der Waals surface area contributed by atoms with Gasteiger partial charge in [-0.15, -0.1) is 0 Å². The van der Waals surface area contributed by atoms with Crippen molar-refractivity contribution in [2.75, 3.05) is 0 Å². The Bertz CT molecular complexity index is 484. The van der Waals surface area contributed by atoms with Gasteiger partial charge in [0.25, 0.3) is 5.91 Å². The topological polar surface area (TPSA) is 41.5 Å². The van der Waals surface area contributed by atoms with Gasteiger partial charge in [0.15, 0.2) is 0 Å². The van der Waals surface area contributed by atoms with Crippen LogP contribution in [0.2, 0.25) is 0 Å². The van der Waals surface area contributed by atoms with Crippen LogP contribution in [0.5, 0.6) is 0 Å². The molecule has 0 spiro atoms. The second-order valence-corrected chi connectivity index (χ2v) is 5.67. The number of benzene rings is 1. The first-order valence-corrected chi connectivity index (χ1v) is 7.62. The maximum absolute atomic E-state index is 12.1. The molecular formula is C17H24N2O. The van der Waals surface area contributed by atoms with E-state index in [1.54, 1.807) is 0 Å². The van der Waals surface area contributed by atoms with E-state index in [1.807, 2.05) is 31.2 Å². The standard InChI is InChI=1S/C17H24N2O/c1-3-6-14-9-11-15(12-10-14)18-19-17(20)16-8-5-4-7-13(16)2/h4-5,7-8,14H,3,6,9-12H2,1-2H3,(H,19,20). The monoisotopic (exact) mass is 272 g/mol. The van der Waals surface area contributed by atoms with Crippen LogP contribution >= 0.6 is 0 Å². The molecule has 0 aliphatic heterocycles. The minimum atomic E-state index is -0.105. The Balaban J connectivity index is 1.88. The van der Waals surface area contributed by atoms with E-state index in [0.717, 1.165) is 30.0 Å². The average Bonchev–Trinajstić information content (AvgIpc) is 2.47. The van der Waals surface area contributed by atoms with Gasteiger partial charge in [0.2, 0.25) is 0 Å². The van der Waals surface area contributed by atoms with Crippen LogP contribution in [0.4, 0.5) is 0 Å². The number of amides is 1. The number of carbonyl (C=O) groups excluding carboxylic acids is 1. The third-order valence-corrected chi connectivity index (χ3v) is 4.08. The fraction of sp³-hybridized carbons (Fsp3) is 0.529. The predicted octanol–water partition coefficient (Wildman–Crippen LogP) is 4.07. The Morgan fingerprint density at radius 2 is 2.00 bits per heavy atom. The molecule has 1 N–H and O–H groups in total. The summed E-state index contributed by atoms with van der Waals surface area (Å²) < 4.78 is 0. The molecule has 0 aromatic heterocycles. The van der Waals surface area contributed by atoms with Gasteiger partial charge < -0.3 is 0 Å². The van der Waals surface area contributed by atoms with Crippen LogP contribution in [-0.4, -0.2) is 11.6 Å². The van der Waals surface area contributed by atoms with E-state index in [2.05, 4.69) is 17.5 Å². The first-order valence-electron chi connectivity index (χ1n) is 7.62. The Morgan fingerprint density at radius 3 is 2.65 bits per heavy atom. The summed E-state index contributed by atoms with van der Waals surface area (Å²) in [6.07, 6.45) is 7.07.